The zero-order chi connectivity index (χ0) is 21.0. The van der Waals surface area contributed by atoms with Crippen molar-refractivity contribution < 1.29 is 23.6 Å². The minimum Gasteiger partial charge on any atom is -0.452 e. The highest BCUT2D eigenvalue weighted by Crippen LogP contribution is 2.31. The Labute approximate surface area is 170 Å². The molecule has 29 heavy (non-hydrogen) atoms. The fourth-order valence-corrected chi connectivity index (χ4v) is 2.79. The van der Waals surface area contributed by atoms with Crippen molar-refractivity contribution in [2.45, 2.75) is 6.92 Å². The first kappa shape index (κ1) is 20.1. The highest BCUT2D eigenvalue weighted by atomic mass is 35.5. The van der Waals surface area contributed by atoms with Crippen molar-refractivity contribution in [2.75, 3.05) is 11.9 Å². The first-order valence-electron chi connectivity index (χ1n) is 8.45. The van der Waals surface area contributed by atoms with Gasteiger partial charge in [-0.15, -0.1) is 0 Å². The molecule has 0 aliphatic rings. The van der Waals surface area contributed by atoms with E-state index in [1.165, 1.54) is 24.3 Å². The lowest BCUT2D eigenvalue weighted by molar-refractivity contribution is -0.119. The zero-order valence-electron chi connectivity index (χ0n) is 15.3. The van der Waals surface area contributed by atoms with Crippen LogP contribution < -0.4 is 11.1 Å². The Morgan fingerprint density at radius 2 is 1.83 bits per heavy atom. The van der Waals surface area contributed by atoms with Gasteiger partial charge in [-0.3, -0.25) is 9.59 Å². The third-order valence-corrected chi connectivity index (χ3v) is 4.31. The van der Waals surface area contributed by atoms with Crippen LogP contribution in [0.3, 0.4) is 0 Å². The number of hydrogen-bond donors (Lipinski definition) is 2. The number of nitrogens with zero attached hydrogens (tertiary/aromatic N) is 1. The molecule has 0 atom stereocenters. The van der Waals surface area contributed by atoms with Gasteiger partial charge in [0.05, 0.1) is 5.02 Å². The molecule has 0 spiro atoms. The van der Waals surface area contributed by atoms with Crippen molar-refractivity contribution in [3.05, 3.63) is 70.4 Å². The van der Waals surface area contributed by atoms with Crippen LogP contribution in [0.5, 0.6) is 0 Å². The second-order valence-electron chi connectivity index (χ2n) is 6.01. The Balaban J connectivity index is 1.67. The van der Waals surface area contributed by atoms with Gasteiger partial charge in [-0.05, 0) is 37.3 Å². The number of rotatable bonds is 6. The van der Waals surface area contributed by atoms with Gasteiger partial charge in [0.1, 0.15) is 17.0 Å². The number of nitrogens with two attached hydrogens (primary N) is 1. The van der Waals surface area contributed by atoms with Gasteiger partial charge in [0, 0.05) is 16.8 Å². The van der Waals surface area contributed by atoms with E-state index in [0.717, 1.165) is 0 Å². The molecule has 2 aromatic carbocycles. The van der Waals surface area contributed by atoms with Crippen molar-refractivity contribution in [2.24, 2.45) is 5.73 Å². The van der Waals surface area contributed by atoms with Gasteiger partial charge in [-0.25, -0.2) is 4.79 Å². The molecule has 0 bridgehead atoms. The van der Waals surface area contributed by atoms with Crippen LogP contribution in [-0.4, -0.2) is 29.5 Å². The van der Waals surface area contributed by atoms with E-state index in [2.05, 4.69) is 10.5 Å². The molecule has 0 radical (unpaired) electrons. The van der Waals surface area contributed by atoms with Crippen LogP contribution in [0.1, 0.15) is 26.5 Å². The number of hydrogen-bond acceptors (Lipinski definition) is 6. The van der Waals surface area contributed by atoms with E-state index in [4.69, 9.17) is 26.6 Å². The quantitative estimate of drug-likeness (QED) is 0.598. The Morgan fingerprint density at radius 1 is 1.14 bits per heavy atom. The number of aromatic nitrogens is 1. The predicted octanol–water partition coefficient (Wildman–Crippen LogP) is 3.20. The summed E-state index contributed by atoms with van der Waals surface area (Å²) >= 11 is 6.17. The number of carbonyl (C=O) groups is 3. The molecule has 3 aromatic rings. The molecule has 0 saturated heterocycles. The number of benzene rings is 2. The van der Waals surface area contributed by atoms with Gasteiger partial charge >= 0.3 is 5.97 Å². The molecule has 0 unspecified atom stereocenters. The molecule has 2 amide bonds. The minimum atomic E-state index is -0.766. The average molecular weight is 414 g/mol. The van der Waals surface area contributed by atoms with Gasteiger partial charge in [0.15, 0.2) is 6.61 Å². The van der Waals surface area contributed by atoms with Crippen molar-refractivity contribution in [1.82, 2.24) is 5.16 Å². The second-order valence-corrected chi connectivity index (χ2v) is 6.42. The van der Waals surface area contributed by atoms with Crippen molar-refractivity contribution in [3.63, 3.8) is 0 Å². The van der Waals surface area contributed by atoms with Crippen LogP contribution in [0.4, 0.5) is 5.69 Å². The van der Waals surface area contributed by atoms with Gasteiger partial charge in [0.25, 0.3) is 5.91 Å². The summed E-state index contributed by atoms with van der Waals surface area (Å²) in [6, 6.07) is 12.8. The summed E-state index contributed by atoms with van der Waals surface area (Å²) < 4.78 is 10.2. The smallest absolute Gasteiger partial charge is 0.344 e. The number of nitrogens with one attached hydrogen (secondary N) is 1. The lowest BCUT2D eigenvalue weighted by atomic mass is 10.1. The Bertz CT molecular complexity index is 1080. The van der Waals surface area contributed by atoms with E-state index in [1.54, 1.807) is 31.2 Å². The first-order chi connectivity index (χ1) is 13.9. The average Bonchev–Trinajstić information content (AvgIpc) is 3.08. The molecule has 0 aliphatic carbocycles. The lowest BCUT2D eigenvalue weighted by Gasteiger charge is -2.08. The first-order valence-corrected chi connectivity index (χ1v) is 8.82. The van der Waals surface area contributed by atoms with E-state index in [0.29, 0.717) is 21.8 Å². The highest BCUT2D eigenvalue weighted by molar-refractivity contribution is 6.33. The molecule has 1 heterocycles. The van der Waals surface area contributed by atoms with E-state index in [9.17, 15) is 14.4 Å². The molecular formula is C20H16ClN3O5. The summed E-state index contributed by atoms with van der Waals surface area (Å²) in [6.45, 7) is 1.04. The van der Waals surface area contributed by atoms with Crippen LogP contribution in [0.2, 0.25) is 5.02 Å². The SMILES string of the molecule is Cc1onc(-c2ccccc2Cl)c1C(=O)OCC(=O)Nc1ccc(C(N)=O)cc1. The third kappa shape index (κ3) is 4.61. The maximum atomic E-state index is 12.5. The molecule has 0 saturated carbocycles. The standard InChI is InChI=1S/C20H16ClN3O5/c1-11-17(18(24-29-11)14-4-2-3-5-15(14)21)20(27)28-10-16(25)23-13-8-6-12(7-9-13)19(22)26/h2-9H,10H2,1H3,(H2,22,26)(H,23,25). The highest BCUT2D eigenvalue weighted by Gasteiger charge is 2.24. The Kier molecular flexibility index (Phi) is 5.94. The number of esters is 1. The molecular weight excluding hydrogens is 398 g/mol. The predicted molar refractivity (Wildman–Crippen MR) is 106 cm³/mol. The van der Waals surface area contributed by atoms with Crippen molar-refractivity contribution >= 4 is 35.1 Å². The lowest BCUT2D eigenvalue weighted by Crippen LogP contribution is -2.21. The van der Waals surface area contributed by atoms with Gasteiger partial charge < -0.3 is 20.3 Å². The Morgan fingerprint density at radius 3 is 2.48 bits per heavy atom. The minimum absolute atomic E-state index is 0.0942. The van der Waals surface area contributed by atoms with E-state index in [1.807, 2.05) is 0 Å². The molecule has 148 valence electrons. The normalized spacial score (nSPS) is 10.4. The van der Waals surface area contributed by atoms with E-state index >= 15 is 0 Å². The summed E-state index contributed by atoms with van der Waals surface area (Å²) in [5, 5.41) is 6.83. The fraction of sp³-hybridized carbons (Fsp3) is 0.100. The van der Waals surface area contributed by atoms with Crippen LogP contribution in [-0.2, 0) is 9.53 Å². The summed E-state index contributed by atoms with van der Waals surface area (Å²) in [4.78, 5) is 35.6. The second kappa shape index (κ2) is 8.57. The molecule has 3 N–H and O–H groups in total. The van der Waals surface area contributed by atoms with Crippen LogP contribution in [0.25, 0.3) is 11.3 Å². The van der Waals surface area contributed by atoms with Crippen molar-refractivity contribution in [1.29, 1.82) is 0 Å². The molecule has 8 nitrogen and oxygen atoms in total. The van der Waals surface area contributed by atoms with E-state index < -0.39 is 24.4 Å². The number of anilines is 1. The molecule has 0 aliphatic heterocycles. The Hall–Kier alpha value is -3.65. The maximum absolute atomic E-state index is 12.5. The third-order valence-electron chi connectivity index (χ3n) is 3.98. The summed E-state index contributed by atoms with van der Waals surface area (Å²) in [7, 11) is 0. The molecule has 9 heteroatoms. The summed E-state index contributed by atoms with van der Waals surface area (Å²) in [5.74, 6) is -1.65. The summed E-state index contributed by atoms with van der Waals surface area (Å²) in [5.41, 5.74) is 6.74. The molecule has 3 rings (SSSR count). The van der Waals surface area contributed by atoms with Crippen LogP contribution in [0.15, 0.2) is 53.1 Å². The zero-order valence-corrected chi connectivity index (χ0v) is 16.0. The fourth-order valence-electron chi connectivity index (χ4n) is 2.57. The monoisotopic (exact) mass is 413 g/mol. The van der Waals surface area contributed by atoms with Gasteiger partial charge in [0.2, 0.25) is 5.91 Å². The van der Waals surface area contributed by atoms with Crippen LogP contribution >= 0.6 is 11.6 Å². The van der Waals surface area contributed by atoms with Crippen LogP contribution in [0, 0.1) is 6.92 Å². The van der Waals surface area contributed by atoms with E-state index in [-0.39, 0.29) is 17.0 Å². The van der Waals surface area contributed by atoms with Gasteiger partial charge in [-0.2, -0.15) is 0 Å². The number of amides is 2. The maximum Gasteiger partial charge on any atom is 0.344 e. The number of ether oxygens (including phenoxy) is 1. The summed E-state index contributed by atoms with van der Waals surface area (Å²) in [6.07, 6.45) is 0. The number of carbonyl (C=O) groups excluding carboxylic acids is 3. The molecule has 0 fully saturated rings. The number of primary amides is 1. The largest absolute Gasteiger partial charge is 0.452 e. The topological polar surface area (TPSA) is 125 Å². The number of aryl methyl sites for hydroxylation is 1. The van der Waals surface area contributed by atoms with Gasteiger partial charge in [-0.1, -0.05) is 35.0 Å². The van der Waals surface area contributed by atoms with Crippen molar-refractivity contribution in [3.8, 4) is 11.3 Å². The molecule has 1 aromatic heterocycles. The number of halogens is 1.